The van der Waals surface area contributed by atoms with Crippen LogP contribution in [0.2, 0.25) is 0 Å². The second-order valence-electron chi connectivity index (χ2n) is 2.57. The maximum atomic E-state index is 5.37. The van der Waals surface area contributed by atoms with E-state index in [1.165, 1.54) is 0 Å². The van der Waals surface area contributed by atoms with Gasteiger partial charge >= 0.3 is 0 Å². The minimum Gasteiger partial charge on any atom is -0.464 e. The molecule has 0 aliphatic rings. The van der Waals surface area contributed by atoms with Crippen LogP contribution in [0.25, 0.3) is 11.3 Å². The average molecular weight is 175 g/mol. The van der Waals surface area contributed by atoms with Gasteiger partial charge in [-0.15, -0.1) is 0 Å². The van der Waals surface area contributed by atoms with E-state index >= 15 is 0 Å². The maximum Gasteiger partial charge on any atom is 0.141 e. The van der Waals surface area contributed by atoms with Gasteiger partial charge in [-0.05, 0) is 12.1 Å². The molecule has 0 saturated carbocycles. The molecule has 0 bridgehead atoms. The summed E-state index contributed by atoms with van der Waals surface area (Å²) in [5.74, 6) is 1.40. The first-order chi connectivity index (χ1) is 6.40. The van der Waals surface area contributed by atoms with Crippen LogP contribution < -0.4 is 5.73 Å². The Balaban J connectivity index is 2.33. The van der Waals surface area contributed by atoms with E-state index in [-0.39, 0.29) is 0 Å². The number of hydrogen-bond acceptors (Lipinski definition) is 4. The van der Waals surface area contributed by atoms with Crippen LogP contribution in [-0.2, 0) is 6.54 Å². The topological polar surface area (TPSA) is 64.9 Å². The molecule has 0 spiro atoms. The van der Waals surface area contributed by atoms with E-state index in [1.807, 2.05) is 12.1 Å². The first-order valence-corrected chi connectivity index (χ1v) is 3.95. The van der Waals surface area contributed by atoms with Crippen molar-refractivity contribution in [1.82, 2.24) is 9.97 Å². The van der Waals surface area contributed by atoms with Gasteiger partial charge in [0.1, 0.15) is 11.6 Å². The summed E-state index contributed by atoms with van der Waals surface area (Å²) in [7, 11) is 0. The largest absolute Gasteiger partial charge is 0.464 e. The van der Waals surface area contributed by atoms with Crippen molar-refractivity contribution in [1.29, 1.82) is 0 Å². The summed E-state index contributed by atoms with van der Waals surface area (Å²) in [6.07, 6.45) is 5.02. The zero-order chi connectivity index (χ0) is 9.10. The van der Waals surface area contributed by atoms with Crippen LogP contribution in [-0.4, -0.2) is 9.97 Å². The van der Waals surface area contributed by atoms with Crippen LogP contribution in [0.5, 0.6) is 0 Å². The van der Waals surface area contributed by atoms with E-state index < -0.39 is 0 Å². The molecule has 0 unspecified atom stereocenters. The predicted molar refractivity (Wildman–Crippen MR) is 47.6 cm³/mol. The van der Waals surface area contributed by atoms with E-state index in [0.717, 1.165) is 11.3 Å². The third-order valence-electron chi connectivity index (χ3n) is 1.69. The van der Waals surface area contributed by atoms with Gasteiger partial charge in [-0.1, -0.05) is 0 Å². The fourth-order valence-corrected chi connectivity index (χ4v) is 1.03. The van der Waals surface area contributed by atoms with Crippen molar-refractivity contribution in [2.75, 3.05) is 0 Å². The minimum absolute atomic E-state index is 0.360. The zero-order valence-electron chi connectivity index (χ0n) is 6.97. The standard InChI is InChI=1S/C9H9N3O/c10-4-9-11-5-7(6-12-9)8-2-1-3-13-8/h1-3,5-6H,4,10H2. The highest BCUT2D eigenvalue weighted by Crippen LogP contribution is 2.16. The Morgan fingerprint density at radius 1 is 1.31 bits per heavy atom. The molecule has 66 valence electrons. The molecule has 0 amide bonds. The number of nitrogens with two attached hydrogens (primary N) is 1. The second kappa shape index (κ2) is 3.37. The van der Waals surface area contributed by atoms with Gasteiger partial charge in [0.05, 0.1) is 18.4 Å². The van der Waals surface area contributed by atoms with Gasteiger partial charge in [0, 0.05) is 12.4 Å². The molecule has 0 radical (unpaired) electrons. The van der Waals surface area contributed by atoms with E-state index in [2.05, 4.69) is 9.97 Å². The molecule has 0 saturated heterocycles. The van der Waals surface area contributed by atoms with Crippen LogP contribution in [0.15, 0.2) is 35.2 Å². The van der Waals surface area contributed by atoms with Gasteiger partial charge in [0.15, 0.2) is 0 Å². The van der Waals surface area contributed by atoms with Gasteiger partial charge in [-0.3, -0.25) is 0 Å². The summed E-state index contributed by atoms with van der Waals surface area (Å²) < 4.78 is 5.18. The normalized spacial score (nSPS) is 10.2. The third kappa shape index (κ3) is 1.57. The maximum absolute atomic E-state index is 5.37. The smallest absolute Gasteiger partial charge is 0.141 e. The van der Waals surface area contributed by atoms with Crippen molar-refractivity contribution < 1.29 is 4.42 Å². The molecular weight excluding hydrogens is 166 g/mol. The van der Waals surface area contributed by atoms with Gasteiger partial charge in [0.25, 0.3) is 0 Å². The monoisotopic (exact) mass is 175 g/mol. The third-order valence-corrected chi connectivity index (χ3v) is 1.69. The fraction of sp³-hybridized carbons (Fsp3) is 0.111. The van der Waals surface area contributed by atoms with Crippen LogP contribution in [0.1, 0.15) is 5.82 Å². The van der Waals surface area contributed by atoms with Gasteiger partial charge in [-0.25, -0.2) is 9.97 Å². The summed E-state index contributed by atoms with van der Waals surface area (Å²) >= 11 is 0. The fourth-order valence-electron chi connectivity index (χ4n) is 1.03. The van der Waals surface area contributed by atoms with Crippen LogP contribution in [0.4, 0.5) is 0 Å². The molecule has 2 N–H and O–H groups in total. The van der Waals surface area contributed by atoms with Crippen molar-refractivity contribution >= 4 is 0 Å². The first kappa shape index (κ1) is 7.94. The highest BCUT2D eigenvalue weighted by atomic mass is 16.3. The first-order valence-electron chi connectivity index (χ1n) is 3.95. The molecule has 2 aromatic heterocycles. The Hall–Kier alpha value is -1.68. The Morgan fingerprint density at radius 2 is 2.08 bits per heavy atom. The Kier molecular flexibility index (Phi) is 2.06. The van der Waals surface area contributed by atoms with Gasteiger partial charge in [0.2, 0.25) is 0 Å². The molecule has 0 aliphatic heterocycles. The molecular formula is C9H9N3O. The van der Waals surface area contributed by atoms with Crippen LogP contribution >= 0.6 is 0 Å². The molecule has 0 aromatic carbocycles. The van der Waals surface area contributed by atoms with Crippen molar-refractivity contribution in [2.24, 2.45) is 5.73 Å². The zero-order valence-corrected chi connectivity index (χ0v) is 6.97. The summed E-state index contributed by atoms with van der Waals surface area (Å²) in [6, 6.07) is 3.69. The Morgan fingerprint density at radius 3 is 2.62 bits per heavy atom. The quantitative estimate of drug-likeness (QED) is 0.744. The Labute approximate surface area is 75.4 Å². The van der Waals surface area contributed by atoms with Crippen molar-refractivity contribution in [2.45, 2.75) is 6.54 Å². The van der Waals surface area contributed by atoms with Gasteiger partial charge < -0.3 is 10.2 Å². The lowest BCUT2D eigenvalue weighted by Gasteiger charge is -1.96. The number of hydrogen-bond donors (Lipinski definition) is 1. The summed E-state index contributed by atoms with van der Waals surface area (Å²) in [5.41, 5.74) is 6.23. The van der Waals surface area contributed by atoms with E-state index in [9.17, 15) is 0 Å². The van der Waals surface area contributed by atoms with Crippen molar-refractivity contribution in [3.05, 3.63) is 36.6 Å². The summed E-state index contributed by atoms with van der Waals surface area (Å²) in [5, 5.41) is 0. The predicted octanol–water partition coefficient (Wildman–Crippen LogP) is 1.20. The Bertz CT molecular complexity index is 366. The molecule has 2 heterocycles. The van der Waals surface area contributed by atoms with E-state index in [0.29, 0.717) is 12.4 Å². The van der Waals surface area contributed by atoms with E-state index in [1.54, 1.807) is 18.7 Å². The molecule has 13 heavy (non-hydrogen) atoms. The van der Waals surface area contributed by atoms with Crippen molar-refractivity contribution in [3.8, 4) is 11.3 Å². The lowest BCUT2D eigenvalue weighted by atomic mass is 10.3. The summed E-state index contributed by atoms with van der Waals surface area (Å²) in [6.45, 7) is 0.360. The van der Waals surface area contributed by atoms with Crippen LogP contribution in [0.3, 0.4) is 0 Å². The average Bonchev–Trinajstić information content (AvgIpc) is 2.71. The SMILES string of the molecule is NCc1ncc(-c2ccco2)cn1. The lowest BCUT2D eigenvalue weighted by molar-refractivity contribution is 0.581. The van der Waals surface area contributed by atoms with Crippen molar-refractivity contribution in [3.63, 3.8) is 0 Å². The number of furan rings is 1. The molecule has 0 atom stereocenters. The second-order valence-corrected chi connectivity index (χ2v) is 2.57. The van der Waals surface area contributed by atoms with Gasteiger partial charge in [-0.2, -0.15) is 0 Å². The molecule has 4 nitrogen and oxygen atoms in total. The minimum atomic E-state index is 0.360. The number of rotatable bonds is 2. The molecule has 0 aliphatic carbocycles. The molecule has 4 heteroatoms. The highest BCUT2D eigenvalue weighted by molar-refractivity contribution is 5.53. The molecule has 2 aromatic rings. The summed E-state index contributed by atoms with van der Waals surface area (Å²) in [4.78, 5) is 8.11. The molecule has 0 fully saturated rings. The number of aromatic nitrogens is 2. The molecule has 2 rings (SSSR count). The van der Waals surface area contributed by atoms with E-state index in [4.69, 9.17) is 10.2 Å². The number of nitrogens with zero attached hydrogens (tertiary/aromatic N) is 2. The lowest BCUT2D eigenvalue weighted by Crippen LogP contribution is -2.01. The van der Waals surface area contributed by atoms with Crippen LogP contribution in [0, 0.1) is 0 Å². The highest BCUT2D eigenvalue weighted by Gasteiger charge is 2.00.